The molecule has 1 atom stereocenters. The van der Waals surface area contributed by atoms with Gasteiger partial charge in [0.2, 0.25) is 0 Å². The number of hydrogen-bond donors (Lipinski definition) is 1. The first-order valence-corrected chi connectivity index (χ1v) is 10.8. The van der Waals surface area contributed by atoms with Gasteiger partial charge in [-0.2, -0.15) is 0 Å². The van der Waals surface area contributed by atoms with Gasteiger partial charge >= 0.3 is 0 Å². The molecule has 0 saturated heterocycles. The Balaban J connectivity index is 1.68. The lowest BCUT2D eigenvalue weighted by molar-refractivity contribution is 0.0932. The number of benzene rings is 2. The lowest BCUT2D eigenvalue weighted by Gasteiger charge is -2.22. The summed E-state index contributed by atoms with van der Waals surface area (Å²) in [6.07, 6.45) is 3.37. The molecule has 1 fully saturated rings. The Morgan fingerprint density at radius 1 is 1.09 bits per heavy atom. The fourth-order valence-corrected chi connectivity index (χ4v) is 4.39. The minimum atomic E-state index is -0.708. The van der Waals surface area contributed by atoms with Gasteiger partial charge in [0.1, 0.15) is 17.5 Å². The van der Waals surface area contributed by atoms with E-state index in [0.717, 1.165) is 12.8 Å². The average Bonchev–Trinajstić information content (AvgIpc) is 3.63. The number of carbonyl (C=O) groups is 1. The molecule has 1 aliphatic carbocycles. The molecule has 1 N–H and O–H groups in total. The molecule has 7 heteroatoms. The Morgan fingerprint density at radius 3 is 2.58 bits per heavy atom. The predicted molar refractivity (Wildman–Crippen MR) is 121 cm³/mol. The molecule has 1 aliphatic rings. The molecule has 0 bridgehead atoms. The number of fused-ring (bicyclic) bond motifs is 1. The van der Waals surface area contributed by atoms with Crippen LogP contribution in [0, 0.1) is 24.5 Å². The van der Waals surface area contributed by atoms with Crippen LogP contribution in [0.25, 0.3) is 16.6 Å². The predicted octanol–water partition coefficient (Wildman–Crippen LogP) is 4.85. The fraction of sp³-hybridized carbons (Fsp3) is 0.192. The zero-order valence-electron chi connectivity index (χ0n) is 17.9. The number of nitrogens with zero attached hydrogens (tertiary/aromatic N) is 2. The summed E-state index contributed by atoms with van der Waals surface area (Å²) >= 11 is 0. The van der Waals surface area contributed by atoms with Crippen LogP contribution < -0.4 is 10.9 Å². The van der Waals surface area contributed by atoms with Gasteiger partial charge in [0.05, 0.1) is 17.0 Å². The van der Waals surface area contributed by atoms with Gasteiger partial charge in [0.25, 0.3) is 11.5 Å². The first kappa shape index (κ1) is 21.0. The van der Waals surface area contributed by atoms with E-state index >= 15 is 0 Å². The normalized spacial score (nSPS) is 14.3. The van der Waals surface area contributed by atoms with Crippen LogP contribution >= 0.6 is 0 Å². The molecule has 2 aromatic heterocycles. The molecule has 33 heavy (non-hydrogen) atoms. The molecule has 2 aromatic carbocycles. The first-order chi connectivity index (χ1) is 16.0. The maximum Gasteiger partial charge on any atom is 0.267 e. The van der Waals surface area contributed by atoms with Crippen molar-refractivity contribution in [3.8, 4) is 5.82 Å². The van der Waals surface area contributed by atoms with Gasteiger partial charge in [0.15, 0.2) is 0 Å². The zero-order valence-corrected chi connectivity index (χ0v) is 17.9. The smallest absolute Gasteiger partial charge is 0.267 e. The van der Waals surface area contributed by atoms with Gasteiger partial charge in [0, 0.05) is 17.3 Å². The Kier molecular flexibility index (Phi) is 5.24. The molecule has 0 radical (unpaired) electrons. The molecular weight excluding hydrogens is 424 g/mol. The van der Waals surface area contributed by atoms with Gasteiger partial charge in [-0.05, 0) is 61.6 Å². The number of hydrogen-bond acceptors (Lipinski definition) is 3. The van der Waals surface area contributed by atoms with Crippen LogP contribution in [-0.2, 0) is 0 Å². The van der Waals surface area contributed by atoms with E-state index in [1.54, 1.807) is 43.3 Å². The van der Waals surface area contributed by atoms with Crippen LogP contribution in [-0.4, -0.2) is 15.5 Å². The van der Waals surface area contributed by atoms with Crippen molar-refractivity contribution in [1.82, 2.24) is 14.9 Å². The van der Waals surface area contributed by atoms with Crippen LogP contribution in [0.2, 0.25) is 0 Å². The van der Waals surface area contributed by atoms with E-state index in [9.17, 15) is 18.4 Å². The Hall–Kier alpha value is -3.87. The van der Waals surface area contributed by atoms with Gasteiger partial charge in [-0.15, -0.1) is 0 Å². The zero-order chi connectivity index (χ0) is 23.1. The molecule has 0 aliphatic heterocycles. The molecule has 2 heterocycles. The standard InChI is InChI=1S/C26H21F2N3O2/c1-15-22(25(32)30-24(16-11-12-16)17-6-4-7-18(27)14-17)19-8-5-9-20(28)23(19)26(33)31(15)21-10-2-3-13-29-21/h2-10,13-14,16,24H,11-12H2,1H3,(H,30,32)/t24-/m0/s1. The topological polar surface area (TPSA) is 64.0 Å². The van der Waals surface area contributed by atoms with Gasteiger partial charge in [-0.25, -0.2) is 13.8 Å². The summed E-state index contributed by atoms with van der Waals surface area (Å²) in [5.41, 5.74) is 0.636. The van der Waals surface area contributed by atoms with E-state index in [2.05, 4.69) is 10.3 Å². The van der Waals surface area contributed by atoms with Crippen molar-refractivity contribution < 1.29 is 13.6 Å². The number of halogens is 2. The van der Waals surface area contributed by atoms with E-state index in [1.807, 2.05) is 0 Å². The van der Waals surface area contributed by atoms with Crippen LogP contribution in [0.15, 0.2) is 71.7 Å². The molecule has 4 aromatic rings. The molecular formula is C26H21F2N3O2. The van der Waals surface area contributed by atoms with Crippen molar-refractivity contribution >= 4 is 16.7 Å². The highest BCUT2D eigenvalue weighted by atomic mass is 19.1. The van der Waals surface area contributed by atoms with E-state index < -0.39 is 17.3 Å². The summed E-state index contributed by atoms with van der Waals surface area (Å²) in [4.78, 5) is 31.1. The minimum Gasteiger partial charge on any atom is -0.345 e. The van der Waals surface area contributed by atoms with Crippen LogP contribution in [0.3, 0.4) is 0 Å². The third kappa shape index (κ3) is 3.80. The number of amides is 1. The number of aromatic nitrogens is 2. The maximum absolute atomic E-state index is 14.8. The third-order valence-electron chi connectivity index (χ3n) is 6.09. The highest BCUT2D eigenvalue weighted by Crippen LogP contribution is 2.41. The second-order valence-electron chi connectivity index (χ2n) is 8.29. The second kappa shape index (κ2) is 8.24. The molecule has 0 unspecified atom stereocenters. The van der Waals surface area contributed by atoms with Crippen LogP contribution in [0.4, 0.5) is 8.78 Å². The second-order valence-corrected chi connectivity index (χ2v) is 8.29. The number of rotatable bonds is 5. The quantitative estimate of drug-likeness (QED) is 0.478. The van der Waals surface area contributed by atoms with Crippen molar-refractivity contribution in [2.24, 2.45) is 5.92 Å². The summed E-state index contributed by atoms with van der Waals surface area (Å²) in [5.74, 6) is -1.04. The lowest BCUT2D eigenvalue weighted by Crippen LogP contribution is -2.33. The summed E-state index contributed by atoms with van der Waals surface area (Å²) in [6.45, 7) is 1.64. The number of nitrogens with one attached hydrogen (secondary N) is 1. The van der Waals surface area contributed by atoms with Crippen molar-refractivity contribution in [1.29, 1.82) is 0 Å². The van der Waals surface area contributed by atoms with E-state index in [4.69, 9.17) is 0 Å². The summed E-state index contributed by atoms with van der Waals surface area (Å²) in [6, 6.07) is 15.1. The Labute approximate surface area is 188 Å². The highest BCUT2D eigenvalue weighted by Gasteiger charge is 2.35. The monoisotopic (exact) mass is 445 g/mol. The summed E-state index contributed by atoms with van der Waals surface area (Å²) in [7, 11) is 0. The van der Waals surface area contributed by atoms with E-state index in [1.165, 1.54) is 35.0 Å². The maximum atomic E-state index is 14.8. The van der Waals surface area contributed by atoms with Gasteiger partial charge in [-0.3, -0.25) is 14.2 Å². The third-order valence-corrected chi connectivity index (χ3v) is 6.09. The highest BCUT2D eigenvalue weighted by molar-refractivity contribution is 6.08. The summed E-state index contributed by atoms with van der Waals surface area (Å²) in [5, 5.41) is 3.08. The largest absolute Gasteiger partial charge is 0.345 e. The molecule has 0 spiro atoms. The molecule has 1 saturated carbocycles. The molecule has 166 valence electrons. The number of carbonyl (C=O) groups excluding carboxylic acids is 1. The lowest BCUT2D eigenvalue weighted by atomic mass is 9.99. The Morgan fingerprint density at radius 2 is 1.88 bits per heavy atom. The van der Waals surface area contributed by atoms with E-state index in [-0.39, 0.29) is 34.1 Å². The van der Waals surface area contributed by atoms with Crippen molar-refractivity contribution in [2.75, 3.05) is 0 Å². The van der Waals surface area contributed by atoms with E-state index in [0.29, 0.717) is 17.1 Å². The molecule has 1 amide bonds. The molecule has 5 rings (SSSR count). The van der Waals surface area contributed by atoms with Crippen molar-refractivity contribution in [3.63, 3.8) is 0 Å². The van der Waals surface area contributed by atoms with Crippen molar-refractivity contribution in [2.45, 2.75) is 25.8 Å². The Bertz CT molecular complexity index is 1430. The number of pyridine rings is 2. The SMILES string of the molecule is Cc1c(C(=O)N[C@H](c2cccc(F)c2)C2CC2)c2cccc(F)c2c(=O)n1-c1ccccn1. The van der Waals surface area contributed by atoms with Crippen molar-refractivity contribution in [3.05, 3.63) is 106 Å². The minimum absolute atomic E-state index is 0.173. The first-order valence-electron chi connectivity index (χ1n) is 10.8. The van der Waals surface area contributed by atoms with Gasteiger partial charge in [-0.1, -0.05) is 30.3 Å². The summed E-state index contributed by atoms with van der Waals surface area (Å²) < 4.78 is 30.0. The van der Waals surface area contributed by atoms with Gasteiger partial charge < -0.3 is 5.32 Å². The fourth-order valence-electron chi connectivity index (χ4n) is 4.39. The molecule has 5 nitrogen and oxygen atoms in total. The van der Waals surface area contributed by atoms with Crippen LogP contribution in [0.1, 0.15) is 40.5 Å². The van der Waals surface area contributed by atoms with Crippen LogP contribution in [0.5, 0.6) is 0 Å². The average molecular weight is 445 g/mol.